The molecule has 7 heteroatoms. The van der Waals surface area contributed by atoms with E-state index in [9.17, 15) is 14.7 Å². The van der Waals surface area contributed by atoms with Crippen LogP contribution in [0.3, 0.4) is 0 Å². The number of amides is 2. The fourth-order valence-electron chi connectivity index (χ4n) is 5.71. The monoisotopic (exact) mass is 494 g/mol. The summed E-state index contributed by atoms with van der Waals surface area (Å²) in [5, 5.41) is 13.3. The summed E-state index contributed by atoms with van der Waals surface area (Å²) in [7, 11) is 0. The largest absolute Gasteiger partial charge is 0.393 e. The van der Waals surface area contributed by atoms with Crippen molar-refractivity contribution < 1.29 is 14.7 Å². The van der Waals surface area contributed by atoms with Gasteiger partial charge in [0.2, 0.25) is 0 Å². The highest BCUT2D eigenvalue weighted by Gasteiger charge is 2.30. The summed E-state index contributed by atoms with van der Waals surface area (Å²) >= 11 is 0. The lowest BCUT2D eigenvalue weighted by Crippen LogP contribution is -2.38. The van der Waals surface area contributed by atoms with Gasteiger partial charge in [0, 0.05) is 48.8 Å². The van der Waals surface area contributed by atoms with E-state index in [0.717, 1.165) is 74.1 Å². The van der Waals surface area contributed by atoms with Crippen LogP contribution in [0, 0.1) is 6.92 Å². The summed E-state index contributed by atoms with van der Waals surface area (Å²) in [6.07, 6.45) is 13.1. The minimum atomic E-state index is -0.467. The quantitative estimate of drug-likeness (QED) is 0.384. The van der Waals surface area contributed by atoms with Gasteiger partial charge in [-0.2, -0.15) is 0 Å². The summed E-state index contributed by atoms with van der Waals surface area (Å²) in [6, 6.07) is 5.84. The minimum absolute atomic E-state index is 0.133. The molecule has 1 aliphatic heterocycles. The third kappa shape index (κ3) is 5.94. The first kappa shape index (κ1) is 26.3. The molecule has 196 valence electrons. The van der Waals surface area contributed by atoms with Gasteiger partial charge in [0.15, 0.2) is 0 Å². The van der Waals surface area contributed by atoms with Crippen molar-refractivity contribution in [2.24, 2.45) is 5.73 Å². The molecule has 2 heterocycles. The number of nitrogens with two attached hydrogens (primary N) is 1. The number of aliphatic hydroxyl groups excluding tert-OH is 1. The second-order valence-electron chi connectivity index (χ2n) is 10.6. The maximum absolute atomic E-state index is 13.4. The minimum Gasteiger partial charge on any atom is -0.393 e. The lowest BCUT2D eigenvalue weighted by Gasteiger charge is -2.29. The van der Waals surface area contributed by atoms with Crippen molar-refractivity contribution in [1.82, 2.24) is 9.47 Å². The van der Waals surface area contributed by atoms with Crippen LogP contribution in [0.25, 0.3) is 5.69 Å². The third-order valence-corrected chi connectivity index (χ3v) is 7.80. The molecule has 1 saturated carbocycles. The SMILES string of the molecule is CCCCCCCCN1CCc2c(c(C)cn2-c2ccc(C(N)=O)c(NC3CCC(O)CC3)c2)C1=O. The Bertz CT molecular complexity index is 1070. The van der Waals surface area contributed by atoms with Gasteiger partial charge in [-0.15, -0.1) is 0 Å². The van der Waals surface area contributed by atoms with Crippen LogP contribution >= 0.6 is 0 Å². The molecule has 0 radical (unpaired) electrons. The number of aliphatic hydroxyl groups is 1. The van der Waals surface area contributed by atoms with Crippen LogP contribution in [0.2, 0.25) is 0 Å². The van der Waals surface area contributed by atoms with Crippen LogP contribution in [-0.2, 0) is 6.42 Å². The van der Waals surface area contributed by atoms with Gasteiger partial charge in [0.1, 0.15) is 0 Å². The molecule has 0 atom stereocenters. The Labute approximate surface area is 215 Å². The summed E-state index contributed by atoms with van der Waals surface area (Å²) in [5.74, 6) is -0.333. The van der Waals surface area contributed by atoms with Crippen molar-refractivity contribution in [3.05, 3.63) is 46.8 Å². The van der Waals surface area contributed by atoms with Crippen LogP contribution in [-0.4, -0.2) is 51.6 Å². The van der Waals surface area contributed by atoms with Crippen molar-refractivity contribution >= 4 is 17.5 Å². The Kier molecular flexibility index (Phi) is 8.72. The fourth-order valence-corrected chi connectivity index (χ4v) is 5.71. The number of carbonyl (C=O) groups is 2. The molecule has 1 aromatic heterocycles. The molecule has 2 aliphatic rings. The number of nitrogens with zero attached hydrogens (tertiary/aromatic N) is 2. The average Bonchev–Trinajstić information content (AvgIpc) is 3.20. The van der Waals surface area contributed by atoms with E-state index in [4.69, 9.17) is 5.73 Å². The molecule has 1 aromatic carbocycles. The Morgan fingerprint density at radius 2 is 1.83 bits per heavy atom. The highest BCUT2D eigenvalue weighted by Crippen LogP contribution is 2.31. The van der Waals surface area contributed by atoms with Gasteiger partial charge in [-0.1, -0.05) is 39.0 Å². The number of unbranched alkanes of at least 4 members (excludes halogenated alkanes) is 5. The Morgan fingerprint density at radius 3 is 2.56 bits per heavy atom. The van der Waals surface area contributed by atoms with Crippen LogP contribution in [0.1, 0.15) is 103 Å². The number of hydrogen-bond donors (Lipinski definition) is 3. The average molecular weight is 495 g/mol. The number of carbonyl (C=O) groups excluding carboxylic acids is 2. The zero-order chi connectivity index (χ0) is 25.7. The standard InChI is InChI=1S/C29H42N4O3/c1-3-4-5-6-7-8-16-32-17-15-26-27(29(32)36)20(2)19-33(26)22-11-14-24(28(30)35)25(18-22)31-21-9-12-23(34)13-10-21/h11,14,18-19,21,23,31,34H,3-10,12-13,15-17H2,1-2H3,(H2,30,35). The molecule has 36 heavy (non-hydrogen) atoms. The zero-order valence-electron chi connectivity index (χ0n) is 21.9. The number of hydrogen-bond acceptors (Lipinski definition) is 4. The molecule has 4 N–H and O–H groups in total. The Hall–Kier alpha value is -2.80. The molecule has 7 nitrogen and oxygen atoms in total. The van der Waals surface area contributed by atoms with E-state index in [1.165, 1.54) is 32.1 Å². The number of aryl methyl sites for hydroxylation is 1. The van der Waals surface area contributed by atoms with Crippen molar-refractivity contribution in [2.75, 3.05) is 18.4 Å². The summed E-state index contributed by atoms with van der Waals surface area (Å²) in [5.41, 5.74) is 10.6. The Morgan fingerprint density at radius 1 is 1.11 bits per heavy atom. The van der Waals surface area contributed by atoms with Gasteiger partial charge in [-0.3, -0.25) is 9.59 Å². The van der Waals surface area contributed by atoms with Crippen molar-refractivity contribution in [3.63, 3.8) is 0 Å². The zero-order valence-corrected chi connectivity index (χ0v) is 21.9. The molecule has 0 saturated heterocycles. The number of fused-ring (bicyclic) bond motifs is 1. The fraction of sp³-hybridized carbons (Fsp3) is 0.586. The second kappa shape index (κ2) is 12.0. The number of anilines is 1. The van der Waals surface area contributed by atoms with Crippen LogP contribution in [0.5, 0.6) is 0 Å². The smallest absolute Gasteiger partial charge is 0.255 e. The van der Waals surface area contributed by atoms with E-state index in [0.29, 0.717) is 11.3 Å². The first-order valence-corrected chi connectivity index (χ1v) is 13.8. The van der Waals surface area contributed by atoms with Crippen LogP contribution < -0.4 is 11.1 Å². The lowest BCUT2D eigenvalue weighted by atomic mass is 9.92. The van der Waals surface area contributed by atoms with Gasteiger partial charge < -0.3 is 25.6 Å². The number of benzene rings is 1. The summed E-state index contributed by atoms with van der Waals surface area (Å²) in [6.45, 7) is 5.79. The molecule has 4 rings (SSSR count). The number of nitrogens with one attached hydrogen (secondary N) is 1. The van der Waals surface area contributed by atoms with E-state index >= 15 is 0 Å². The van der Waals surface area contributed by atoms with E-state index < -0.39 is 5.91 Å². The van der Waals surface area contributed by atoms with Gasteiger partial charge >= 0.3 is 0 Å². The van der Waals surface area contributed by atoms with E-state index in [-0.39, 0.29) is 18.1 Å². The van der Waals surface area contributed by atoms with E-state index in [1.807, 2.05) is 30.2 Å². The van der Waals surface area contributed by atoms with Gasteiger partial charge in [0.25, 0.3) is 11.8 Å². The first-order chi connectivity index (χ1) is 17.4. The summed E-state index contributed by atoms with van der Waals surface area (Å²) in [4.78, 5) is 27.5. The van der Waals surface area contributed by atoms with Crippen molar-refractivity contribution in [2.45, 2.75) is 96.6 Å². The Balaban J connectivity index is 1.51. The van der Waals surface area contributed by atoms with Crippen LogP contribution in [0.15, 0.2) is 24.4 Å². The normalized spacial score (nSPS) is 19.9. The third-order valence-electron chi connectivity index (χ3n) is 7.80. The van der Waals surface area contributed by atoms with Crippen LogP contribution in [0.4, 0.5) is 5.69 Å². The van der Waals surface area contributed by atoms with E-state index in [1.54, 1.807) is 6.07 Å². The molecule has 2 aromatic rings. The highest BCUT2D eigenvalue weighted by atomic mass is 16.3. The molecule has 1 aliphatic carbocycles. The van der Waals surface area contributed by atoms with Gasteiger partial charge in [-0.05, 0) is 62.8 Å². The highest BCUT2D eigenvalue weighted by molar-refractivity contribution is 5.99. The first-order valence-electron chi connectivity index (χ1n) is 13.8. The number of aromatic nitrogens is 1. The van der Waals surface area contributed by atoms with Crippen molar-refractivity contribution in [3.8, 4) is 5.69 Å². The molecule has 0 spiro atoms. The molecular formula is C29H42N4O3. The van der Waals surface area contributed by atoms with E-state index in [2.05, 4.69) is 16.8 Å². The van der Waals surface area contributed by atoms with Gasteiger partial charge in [0.05, 0.1) is 17.2 Å². The molecule has 1 fully saturated rings. The maximum Gasteiger partial charge on any atom is 0.255 e. The topological polar surface area (TPSA) is 101 Å². The molecule has 0 unspecified atom stereocenters. The molecule has 0 bridgehead atoms. The predicted molar refractivity (Wildman–Crippen MR) is 144 cm³/mol. The summed E-state index contributed by atoms with van der Waals surface area (Å²) < 4.78 is 2.10. The number of rotatable bonds is 11. The molecule has 2 amide bonds. The molecular weight excluding hydrogens is 452 g/mol. The maximum atomic E-state index is 13.4. The number of primary amides is 1. The van der Waals surface area contributed by atoms with Gasteiger partial charge in [-0.25, -0.2) is 0 Å². The predicted octanol–water partition coefficient (Wildman–Crippen LogP) is 4.96. The lowest BCUT2D eigenvalue weighted by molar-refractivity contribution is 0.0734. The second-order valence-corrected chi connectivity index (χ2v) is 10.6. The van der Waals surface area contributed by atoms with Crippen molar-refractivity contribution in [1.29, 1.82) is 0 Å².